The summed E-state index contributed by atoms with van der Waals surface area (Å²) in [6.07, 6.45) is 14.0. The lowest BCUT2D eigenvalue weighted by atomic mass is 10.1. The lowest BCUT2D eigenvalue weighted by molar-refractivity contribution is -0.123. The maximum Gasteiger partial charge on any atom is 0.222 e. The number of nitrogens with zero attached hydrogens (tertiary/aromatic N) is 2. The van der Waals surface area contributed by atoms with Gasteiger partial charge in [0, 0.05) is 25.4 Å². The zero-order chi connectivity index (χ0) is 20.9. The highest BCUT2D eigenvalue weighted by atomic mass is 16.1. The molecule has 1 aromatic heterocycles. The average molecular weight is 400 g/mol. The fraction of sp³-hybridized carbons (Fsp3) is 0.680. The molecular formula is C25H41N3O. The lowest BCUT2D eigenvalue weighted by Gasteiger charge is -2.10. The number of aryl methyl sites for hydroxylation is 2. The number of para-hydroxylation sites is 2. The van der Waals surface area contributed by atoms with Crippen LogP contribution >= 0.6 is 0 Å². The monoisotopic (exact) mass is 399 g/mol. The summed E-state index contributed by atoms with van der Waals surface area (Å²) in [5.74, 6) is 1.34. The predicted octanol–water partition coefficient (Wildman–Crippen LogP) is 6.27. The Morgan fingerprint density at radius 2 is 1.62 bits per heavy atom. The number of amides is 1. The van der Waals surface area contributed by atoms with Crippen LogP contribution < -0.4 is 5.32 Å². The van der Waals surface area contributed by atoms with E-state index in [0.717, 1.165) is 37.3 Å². The average Bonchev–Trinajstić information content (AvgIpc) is 3.07. The quantitative estimate of drug-likeness (QED) is 0.359. The van der Waals surface area contributed by atoms with Gasteiger partial charge < -0.3 is 9.88 Å². The summed E-state index contributed by atoms with van der Waals surface area (Å²) in [4.78, 5) is 16.6. The van der Waals surface area contributed by atoms with Crippen LogP contribution in [-0.2, 0) is 17.8 Å². The van der Waals surface area contributed by atoms with Crippen LogP contribution in [0.2, 0.25) is 0 Å². The normalized spacial score (nSPS) is 11.4. The molecule has 1 heterocycles. The summed E-state index contributed by atoms with van der Waals surface area (Å²) in [5.41, 5.74) is 2.33. The van der Waals surface area contributed by atoms with Gasteiger partial charge in [0.25, 0.3) is 0 Å². The SMILES string of the molecule is CCCCCCCCCCCn1c(CCCNC(=O)C(C)C)nc2ccccc21. The Kier molecular flexibility index (Phi) is 10.8. The van der Waals surface area contributed by atoms with Crippen molar-refractivity contribution in [2.75, 3.05) is 6.54 Å². The number of aromatic nitrogens is 2. The molecule has 1 amide bonds. The van der Waals surface area contributed by atoms with E-state index in [1.165, 1.54) is 63.3 Å². The summed E-state index contributed by atoms with van der Waals surface area (Å²) in [5, 5.41) is 3.01. The fourth-order valence-electron chi connectivity index (χ4n) is 3.81. The smallest absolute Gasteiger partial charge is 0.222 e. The minimum Gasteiger partial charge on any atom is -0.356 e. The molecule has 0 radical (unpaired) electrons. The van der Waals surface area contributed by atoms with Gasteiger partial charge in [-0.15, -0.1) is 0 Å². The van der Waals surface area contributed by atoms with Crippen molar-refractivity contribution >= 4 is 16.9 Å². The van der Waals surface area contributed by atoms with Crippen molar-refractivity contribution in [3.8, 4) is 0 Å². The van der Waals surface area contributed by atoms with Gasteiger partial charge in [-0.2, -0.15) is 0 Å². The molecule has 0 aliphatic carbocycles. The number of rotatable bonds is 15. The third kappa shape index (κ3) is 8.20. The molecule has 1 aromatic carbocycles. The van der Waals surface area contributed by atoms with E-state index in [-0.39, 0.29) is 11.8 Å². The van der Waals surface area contributed by atoms with Crippen molar-refractivity contribution in [2.45, 2.75) is 97.9 Å². The number of benzene rings is 1. The van der Waals surface area contributed by atoms with E-state index in [2.05, 4.69) is 41.1 Å². The van der Waals surface area contributed by atoms with E-state index in [4.69, 9.17) is 4.98 Å². The third-order valence-electron chi connectivity index (χ3n) is 5.62. The molecule has 2 aromatic rings. The van der Waals surface area contributed by atoms with Crippen molar-refractivity contribution < 1.29 is 4.79 Å². The van der Waals surface area contributed by atoms with E-state index < -0.39 is 0 Å². The summed E-state index contributed by atoms with van der Waals surface area (Å²) in [6, 6.07) is 8.45. The van der Waals surface area contributed by atoms with Gasteiger partial charge in [-0.1, -0.05) is 84.3 Å². The molecule has 0 unspecified atom stereocenters. The summed E-state index contributed by atoms with van der Waals surface area (Å²) in [7, 11) is 0. The van der Waals surface area contributed by atoms with E-state index in [1.807, 2.05) is 13.8 Å². The van der Waals surface area contributed by atoms with Gasteiger partial charge >= 0.3 is 0 Å². The van der Waals surface area contributed by atoms with Crippen LogP contribution in [0.3, 0.4) is 0 Å². The van der Waals surface area contributed by atoms with Gasteiger partial charge in [0.05, 0.1) is 11.0 Å². The number of hydrogen-bond acceptors (Lipinski definition) is 2. The van der Waals surface area contributed by atoms with Crippen LogP contribution in [0.1, 0.15) is 90.8 Å². The molecule has 0 saturated heterocycles. The first-order chi connectivity index (χ1) is 14.1. The Balaban J connectivity index is 1.79. The molecule has 1 N–H and O–H groups in total. The molecular weight excluding hydrogens is 358 g/mol. The summed E-state index contributed by atoms with van der Waals surface area (Å²) in [6.45, 7) is 7.90. The topological polar surface area (TPSA) is 46.9 Å². The molecule has 29 heavy (non-hydrogen) atoms. The maximum absolute atomic E-state index is 11.7. The Bertz CT molecular complexity index is 720. The van der Waals surface area contributed by atoms with Crippen molar-refractivity contribution in [3.63, 3.8) is 0 Å². The highest BCUT2D eigenvalue weighted by molar-refractivity contribution is 5.77. The maximum atomic E-state index is 11.7. The van der Waals surface area contributed by atoms with E-state index in [0.29, 0.717) is 0 Å². The van der Waals surface area contributed by atoms with E-state index >= 15 is 0 Å². The molecule has 0 spiro atoms. The molecule has 4 heteroatoms. The Morgan fingerprint density at radius 1 is 0.966 bits per heavy atom. The second kappa shape index (κ2) is 13.4. The Hall–Kier alpha value is -1.84. The fourth-order valence-corrected chi connectivity index (χ4v) is 3.81. The Morgan fingerprint density at radius 3 is 2.31 bits per heavy atom. The molecule has 4 nitrogen and oxygen atoms in total. The minimum atomic E-state index is 0.0474. The second-order valence-electron chi connectivity index (χ2n) is 8.55. The van der Waals surface area contributed by atoms with Crippen LogP contribution in [0, 0.1) is 5.92 Å². The molecule has 162 valence electrons. The highest BCUT2D eigenvalue weighted by Crippen LogP contribution is 2.19. The zero-order valence-electron chi connectivity index (χ0n) is 18.9. The van der Waals surface area contributed by atoms with Gasteiger partial charge in [0.15, 0.2) is 0 Å². The molecule has 2 rings (SSSR count). The van der Waals surface area contributed by atoms with Crippen LogP contribution in [0.15, 0.2) is 24.3 Å². The number of hydrogen-bond donors (Lipinski definition) is 1. The first-order valence-corrected chi connectivity index (χ1v) is 11.8. The molecule has 0 aliphatic rings. The highest BCUT2D eigenvalue weighted by Gasteiger charge is 2.11. The molecule has 0 bridgehead atoms. The van der Waals surface area contributed by atoms with Crippen LogP contribution in [0.5, 0.6) is 0 Å². The number of imidazole rings is 1. The Labute approximate surface area is 177 Å². The van der Waals surface area contributed by atoms with Gasteiger partial charge in [0.1, 0.15) is 5.82 Å². The van der Waals surface area contributed by atoms with Crippen molar-refractivity contribution in [3.05, 3.63) is 30.1 Å². The number of carbonyl (C=O) groups excluding carboxylic acids is 1. The standard InChI is InChI=1S/C25H41N3O/c1-4-5-6-7-8-9-10-11-14-20-28-23-17-13-12-16-22(23)27-24(28)18-15-19-26-25(29)21(2)3/h12-13,16-17,21H,4-11,14-15,18-20H2,1-3H3,(H,26,29). The van der Waals surface area contributed by atoms with Crippen molar-refractivity contribution in [1.82, 2.24) is 14.9 Å². The number of nitrogens with one attached hydrogen (secondary N) is 1. The number of unbranched alkanes of at least 4 members (excludes halogenated alkanes) is 8. The van der Waals surface area contributed by atoms with Gasteiger partial charge in [-0.25, -0.2) is 4.98 Å². The van der Waals surface area contributed by atoms with Crippen molar-refractivity contribution in [1.29, 1.82) is 0 Å². The van der Waals surface area contributed by atoms with Gasteiger partial charge in [-0.3, -0.25) is 4.79 Å². The van der Waals surface area contributed by atoms with Crippen LogP contribution in [-0.4, -0.2) is 22.0 Å². The molecule has 0 aliphatic heterocycles. The largest absolute Gasteiger partial charge is 0.356 e. The van der Waals surface area contributed by atoms with Crippen LogP contribution in [0.4, 0.5) is 0 Å². The van der Waals surface area contributed by atoms with Gasteiger partial charge in [0.2, 0.25) is 5.91 Å². The first-order valence-electron chi connectivity index (χ1n) is 11.8. The van der Waals surface area contributed by atoms with E-state index in [9.17, 15) is 4.79 Å². The van der Waals surface area contributed by atoms with Crippen molar-refractivity contribution in [2.24, 2.45) is 5.92 Å². The molecule has 0 saturated carbocycles. The summed E-state index contributed by atoms with van der Waals surface area (Å²) < 4.78 is 2.40. The third-order valence-corrected chi connectivity index (χ3v) is 5.62. The number of carbonyl (C=O) groups is 1. The van der Waals surface area contributed by atoms with E-state index in [1.54, 1.807) is 0 Å². The summed E-state index contributed by atoms with van der Waals surface area (Å²) >= 11 is 0. The van der Waals surface area contributed by atoms with Gasteiger partial charge in [-0.05, 0) is 25.0 Å². The first kappa shape index (κ1) is 23.4. The lowest BCUT2D eigenvalue weighted by Crippen LogP contribution is -2.28. The molecule has 0 fully saturated rings. The number of fused-ring (bicyclic) bond motifs is 1. The predicted molar refractivity (Wildman–Crippen MR) is 123 cm³/mol. The van der Waals surface area contributed by atoms with Crippen LogP contribution in [0.25, 0.3) is 11.0 Å². The minimum absolute atomic E-state index is 0.0474. The zero-order valence-corrected chi connectivity index (χ0v) is 18.9. The second-order valence-corrected chi connectivity index (χ2v) is 8.55. The molecule has 0 atom stereocenters.